The molecule has 0 spiro atoms. The Bertz CT molecular complexity index is 1120. The van der Waals surface area contributed by atoms with Crippen LogP contribution in [0.5, 0.6) is 0 Å². The van der Waals surface area contributed by atoms with Crippen LogP contribution in [0, 0.1) is 0 Å². The number of carbonyl (C=O) groups excluding carboxylic acids is 1. The van der Waals surface area contributed by atoms with Crippen molar-refractivity contribution in [2.75, 3.05) is 46.0 Å². The van der Waals surface area contributed by atoms with E-state index < -0.39 is 15.4 Å². The molecular weight excluding hydrogens is 517 g/mol. The molecular formula is C24H30Cl3N3O3S. The number of hydrogen-bond donors (Lipinski definition) is 0. The molecule has 6 nitrogen and oxygen atoms in total. The number of carbonyl (C=O) groups is 1. The van der Waals surface area contributed by atoms with Crippen molar-refractivity contribution in [2.45, 2.75) is 25.3 Å². The van der Waals surface area contributed by atoms with Gasteiger partial charge in [-0.3, -0.25) is 4.79 Å². The number of hydrogen-bond acceptors (Lipinski definition) is 4. The van der Waals surface area contributed by atoms with Gasteiger partial charge in [-0.05, 0) is 55.3 Å². The summed E-state index contributed by atoms with van der Waals surface area (Å²) in [4.78, 5) is 17.7. The zero-order valence-electron chi connectivity index (χ0n) is 19.6. The Labute approximate surface area is 217 Å². The van der Waals surface area contributed by atoms with Crippen LogP contribution in [0.4, 0.5) is 0 Å². The number of rotatable bonds is 8. The predicted octanol–water partition coefficient (Wildman–Crippen LogP) is 4.53. The summed E-state index contributed by atoms with van der Waals surface area (Å²) in [5.74, 6) is -0.0318. The fourth-order valence-corrected chi connectivity index (χ4v) is 5.49. The molecule has 2 aromatic carbocycles. The number of amides is 1. The Morgan fingerprint density at radius 2 is 1.62 bits per heavy atom. The van der Waals surface area contributed by atoms with E-state index >= 15 is 0 Å². The quantitative estimate of drug-likeness (QED) is 0.488. The van der Waals surface area contributed by atoms with Gasteiger partial charge in [-0.25, -0.2) is 8.42 Å². The second-order valence-corrected chi connectivity index (χ2v) is 12.2. The first-order chi connectivity index (χ1) is 15.9. The molecule has 0 saturated carbocycles. The highest BCUT2D eigenvalue weighted by atomic mass is 35.5. The number of piperazine rings is 1. The summed E-state index contributed by atoms with van der Waals surface area (Å²) in [6, 6.07) is 12.8. The van der Waals surface area contributed by atoms with Crippen LogP contribution in [-0.4, -0.2) is 74.5 Å². The van der Waals surface area contributed by atoms with Crippen molar-refractivity contribution in [1.82, 2.24) is 14.1 Å². The van der Waals surface area contributed by atoms with E-state index in [0.29, 0.717) is 60.8 Å². The number of benzene rings is 2. The van der Waals surface area contributed by atoms with E-state index in [9.17, 15) is 13.2 Å². The molecule has 1 heterocycles. The Hall–Kier alpha value is -1.35. The van der Waals surface area contributed by atoms with Crippen molar-refractivity contribution in [1.29, 1.82) is 0 Å². The highest BCUT2D eigenvalue weighted by Gasteiger charge is 2.38. The van der Waals surface area contributed by atoms with E-state index in [2.05, 4.69) is 4.90 Å². The van der Waals surface area contributed by atoms with Gasteiger partial charge in [0.15, 0.2) is 0 Å². The van der Waals surface area contributed by atoms with Crippen molar-refractivity contribution in [3.05, 3.63) is 68.7 Å². The van der Waals surface area contributed by atoms with Crippen molar-refractivity contribution in [3.8, 4) is 0 Å². The molecule has 1 saturated heterocycles. The Balaban J connectivity index is 1.79. The second kappa shape index (κ2) is 11.1. The maximum Gasteiger partial charge on any atom is 0.233 e. The second-order valence-electron chi connectivity index (χ2n) is 9.00. The highest BCUT2D eigenvalue weighted by Crippen LogP contribution is 2.35. The van der Waals surface area contributed by atoms with Gasteiger partial charge in [0.1, 0.15) is 0 Å². The maximum absolute atomic E-state index is 13.8. The summed E-state index contributed by atoms with van der Waals surface area (Å²) < 4.78 is 25.1. The minimum atomic E-state index is -3.19. The highest BCUT2D eigenvalue weighted by molar-refractivity contribution is 7.88. The van der Waals surface area contributed by atoms with Gasteiger partial charge in [-0.15, -0.1) is 0 Å². The topological polar surface area (TPSA) is 60.9 Å². The molecule has 0 aromatic heterocycles. The molecule has 0 bridgehead atoms. The van der Waals surface area contributed by atoms with Crippen molar-refractivity contribution < 1.29 is 13.2 Å². The van der Waals surface area contributed by atoms with E-state index in [1.165, 1.54) is 10.6 Å². The van der Waals surface area contributed by atoms with Crippen LogP contribution >= 0.6 is 34.8 Å². The lowest BCUT2D eigenvalue weighted by atomic mass is 9.77. The first kappa shape index (κ1) is 27.2. The number of likely N-dealkylation sites (N-methyl/N-ethyl adjacent to an activating group) is 1. The van der Waals surface area contributed by atoms with E-state index in [1.54, 1.807) is 24.1 Å². The van der Waals surface area contributed by atoms with Crippen LogP contribution in [0.3, 0.4) is 0 Å². The SMILES string of the molecule is CN(Cc1ccc(Cl)cc1)C(=O)C(C)(CCN1CCN(S(C)(=O)=O)CC1)c1ccc(Cl)c(Cl)c1. The molecule has 1 unspecified atom stereocenters. The Morgan fingerprint density at radius 3 is 2.18 bits per heavy atom. The molecule has 1 atom stereocenters. The summed E-state index contributed by atoms with van der Waals surface area (Å²) in [6.45, 7) is 5.17. The third-order valence-electron chi connectivity index (χ3n) is 6.44. The van der Waals surface area contributed by atoms with Crippen LogP contribution in [0.25, 0.3) is 0 Å². The summed E-state index contributed by atoms with van der Waals surface area (Å²) in [5.41, 5.74) is 0.932. The minimum absolute atomic E-state index is 0.0318. The molecule has 34 heavy (non-hydrogen) atoms. The van der Waals surface area contributed by atoms with Crippen molar-refractivity contribution in [2.24, 2.45) is 0 Å². The van der Waals surface area contributed by atoms with E-state index in [-0.39, 0.29) is 5.91 Å². The molecule has 0 radical (unpaired) electrons. The zero-order chi connectivity index (χ0) is 25.1. The molecule has 3 rings (SSSR count). The molecule has 1 aliphatic heterocycles. The number of nitrogens with zero attached hydrogens (tertiary/aromatic N) is 3. The lowest BCUT2D eigenvalue weighted by Gasteiger charge is -2.37. The Kier molecular flexibility index (Phi) is 8.93. The van der Waals surface area contributed by atoms with Crippen LogP contribution in [0.1, 0.15) is 24.5 Å². The summed E-state index contributed by atoms with van der Waals surface area (Å²) in [7, 11) is -1.40. The van der Waals surface area contributed by atoms with Crippen LogP contribution in [0.15, 0.2) is 42.5 Å². The lowest BCUT2D eigenvalue weighted by molar-refractivity contribution is -0.136. The van der Waals surface area contributed by atoms with E-state index in [1.807, 2.05) is 37.3 Å². The summed E-state index contributed by atoms with van der Waals surface area (Å²) in [6.07, 6.45) is 1.78. The zero-order valence-corrected chi connectivity index (χ0v) is 22.7. The fourth-order valence-electron chi connectivity index (χ4n) is 4.24. The standard InChI is InChI=1S/C24H30Cl3N3O3S/c1-24(19-6-9-21(26)22(27)16-19,10-11-29-12-14-30(15-13-29)34(3,32)33)23(31)28(2)17-18-4-7-20(25)8-5-18/h4-9,16H,10-15,17H2,1-3H3. The average Bonchev–Trinajstić information content (AvgIpc) is 2.80. The average molecular weight is 547 g/mol. The minimum Gasteiger partial charge on any atom is -0.341 e. The predicted molar refractivity (Wildman–Crippen MR) is 139 cm³/mol. The van der Waals surface area contributed by atoms with Gasteiger partial charge >= 0.3 is 0 Å². The summed E-state index contributed by atoms with van der Waals surface area (Å²) in [5, 5.41) is 1.49. The van der Waals surface area contributed by atoms with Crippen molar-refractivity contribution in [3.63, 3.8) is 0 Å². The Morgan fingerprint density at radius 1 is 1.00 bits per heavy atom. The fraction of sp³-hybridized carbons (Fsp3) is 0.458. The maximum atomic E-state index is 13.8. The van der Waals surface area contributed by atoms with Gasteiger partial charge in [0.05, 0.1) is 21.7 Å². The molecule has 0 aliphatic carbocycles. The lowest BCUT2D eigenvalue weighted by Crippen LogP contribution is -2.50. The molecule has 1 amide bonds. The molecule has 1 aliphatic rings. The third-order valence-corrected chi connectivity index (χ3v) is 8.73. The van der Waals surface area contributed by atoms with Crippen LogP contribution in [-0.2, 0) is 26.8 Å². The van der Waals surface area contributed by atoms with Crippen LogP contribution in [0.2, 0.25) is 15.1 Å². The van der Waals surface area contributed by atoms with Crippen LogP contribution < -0.4 is 0 Å². The largest absolute Gasteiger partial charge is 0.341 e. The molecule has 10 heteroatoms. The first-order valence-corrected chi connectivity index (χ1v) is 14.0. The smallest absolute Gasteiger partial charge is 0.233 e. The van der Waals surface area contributed by atoms with Gasteiger partial charge in [0.2, 0.25) is 15.9 Å². The molecule has 2 aromatic rings. The van der Waals surface area contributed by atoms with E-state index in [4.69, 9.17) is 34.8 Å². The molecule has 186 valence electrons. The van der Waals surface area contributed by atoms with Gasteiger partial charge in [0.25, 0.3) is 0 Å². The monoisotopic (exact) mass is 545 g/mol. The van der Waals surface area contributed by atoms with Gasteiger partial charge in [-0.1, -0.05) is 53.0 Å². The first-order valence-electron chi connectivity index (χ1n) is 11.0. The normalized spacial score (nSPS) is 17.4. The summed E-state index contributed by atoms with van der Waals surface area (Å²) >= 11 is 18.5. The number of sulfonamides is 1. The molecule has 1 fully saturated rings. The third kappa shape index (κ3) is 6.65. The van der Waals surface area contributed by atoms with Gasteiger partial charge < -0.3 is 9.80 Å². The van der Waals surface area contributed by atoms with Crippen molar-refractivity contribution >= 4 is 50.7 Å². The van der Waals surface area contributed by atoms with Gasteiger partial charge in [-0.2, -0.15) is 4.31 Å². The van der Waals surface area contributed by atoms with E-state index in [0.717, 1.165) is 11.1 Å². The molecule has 0 N–H and O–H groups in total. The number of halogens is 3. The van der Waals surface area contributed by atoms with Gasteiger partial charge in [0, 0.05) is 44.8 Å².